The number of nitrogens with one attached hydrogen (secondary N) is 1. The molecule has 17 heavy (non-hydrogen) atoms. The fourth-order valence-corrected chi connectivity index (χ4v) is 1.26. The van der Waals surface area contributed by atoms with Gasteiger partial charge in [-0.3, -0.25) is 0 Å². The molecule has 0 aliphatic heterocycles. The summed E-state index contributed by atoms with van der Waals surface area (Å²) >= 11 is 0. The average Bonchev–Trinajstić information content (AvgIpc) is 2.20. The highest BCUT2D eigenvalue weighted by atomic mass is 19.4. The molecule has 0 bridgehead atoms. The largest absolute Gasteiger partial charge is 0.478 e. The summed E-state index contributed by atoms with van der Waals surface area (Å²) in [6.45, 7) is 2.58. The van der Waals surface area contributed by atoms with Crippen molar-refractivity contribution in [2.24, 2.45) is 0 Å². The summed E-state index contributed by atoms with van der Waals surface area (Å²) in [5.74, 6) is -0.952. The van der Waals surface area contributed by atoms with Crippen molar-refractivity contribution in [2.45, 2.75) is 38.8 Å². The summed E-state index contributed by atoms with van der Waals surface area (Å²) in [4.78, 5) is 10.6. The van der Waals surface area contributed by atoms with Crippen molar-refractivity contribution in [3.05, 3.63) is 11.6 Å². The third-order valence-electron chi connectivity index (χ3n) is 2.21. The van der Waals surface area contributed by atoms with E-state index >= 15 is 0 Å². The van der Waals surface area contributed by atoms with Crippen LogP contribution in [0.15, 0.2) is 11.6 Å². The highest BCUT2D eigenvalue weighted by Gasteiger charge is 2.25. The number of halogens is 3. The maximum absolute atomic E-state index is 11.8. The monoisotopic (exact) mass is 253 g/mol. The van der Waals surface area contributed by atoms with Gasteiger partial charge in [-0.2, -0.15) is 13.2 Å². The third-order valence-corrected chi connectivity index (χ3v) is 2.21. The number of alkyl halides is 3. The van der Waals surface area contributed by atoms with Crippen molar-refractivity contribution in [3.8, 4) is 0 Å². The molecule has 0 spiro atoms. The van der Waals surface area contributed by atoms with Crippen molar-refractivity contribution in [2.75, 3.05) is 13.1 Å². The second kappa shape index (κ2) is 8.11. The van der Waals surface area contributed by atoms with Gasteiger partial charge >= 0.3 is 12.1 Å². The van der Waals surface area contributed by atoms with Gasteiger partial charge in [0.2, 0.25) is 0 Å². The van der Waals surface area contributed by atoms with Crippen LogP contribution in [0.3, 0.4) is 0 Å². The van der Waals surface area contributed by atoms with E-state index in [-0.39, 0.29) is 6.42 Å². The van der Waals surface area contributed by atoms with Gasteiger partial charge in [0.25, 0.3) is 0 Å². The number of carbonyl (C=O) groups is 1. The van der Waals surface area contributed by atoms with Crippen LogP contribution in [0, 0.1) is 0 Å². The van der Waals surface area contributed by atoms with Gasteiger partial charge in [0.05, 0.1) is 0 Å². The number of carboxylic acid groups (broad SMARTS) is 1. The van der Waals surface area contributed by atoms with Crippen molar-refractivity contribution in [3.63, 3.8) is 0 Å². The van der Waals surface area contributed by atoms with Gasteiger partial charge in [0, 0.05) is 18.5 Å². The molecule has 0 atom stereocenters. The molecule has 0 aromatic heterocycles. The fraction of sp³-hybridized carbons (Fsp3) is 0.727. The molecule has 100 valence electrons. The number of rotatable bonds is 8. The van der Waals surface area contributed by atoms with E-state index in [0.29, 0.717) is 31.5 Å². The van der Waals surface area contributed by atoms with Crippen LogP contribution in [0.1, 0.15) is 32.6 Å². The van der Waals surface area contributed by atoms with Crippen molar-refractivity contribution in [1.29, 1.82) is 0 Å². The van der Waals surface area contributed by atoms with Gasteiger partial charge in [-0.1, -0.05) is 13.0 Å². The molecule has 2 N–H and O–H groups in total. The molecule has 0 heterocycles. The number of carboxylic acids is 1. The zero-order valence-corrected chi connectivity index (χ0v) is 9.81. The molecule has 0 saturated heterocycles. The van der Waals surface area contributed by atoms with E-state index in [1.54, 1.807) is 13.0 Å². The summed E-state index contributed by atoms with van der Waals surface area (Å²) in [7, 11) is 0. The predicted octanol–water partition coefficient (Wildman–Crippen LogP) is 2.73. The van der Waals surface area contributed by atoms with Crippen LogP contribution < -0.4 is 5.32 Å². The van der Waals surface area contributed by atoms with E-state index in [9.17, 15) is 18.0 Å². The van der Waals surface area contributed by atoms with Gasteiger partial charge in [-0.15, -0.1) is 0 Å². The topological polar surface area (TPSA) is 49.3 Å². The van der Waals surface area contributed by atoms with Gasteiger partial charge in [0.1, 0.15) is 0 Å². The molecule has 0 aromatic carbocycles. The first-order valence-corrected chi connectivity index (χ1v) is 5.56. The maximum Gasteiger partial charge on any atom is 0.389 e. The van der Waals surface area contributed by atoms with Crippen LogP contribution in [0.25, 0.3) is 0 Å². The highest BCUT2D eigenvalue weighted by molar-refractivity contribution is 5.86. The van der Waals surface area contributed by atoms with Crippen LogP contribution in [0.2, 0.25) is 0 Å². The van der Waals surface area contributed by atoms with Crippen molar-refractivity contribution in [1.82, 2.24) is 5.32 Å². The molecular formula is C11H18F3NO2. The molecule has 0 unspecified atom stereocenters. The fourth-order valence-electron chi connectivity index (χ4n) is 1.26. The highest BCUT2D eigenvalue weighted by Crippen LogP contribution is 2.21. The van der Waals surface area contributed by atoms with E-state index in [1.807, 2.05) is 0 Å². The van der Waals surface area contributed by atoms with Crippen LogP contribution in [0.4, 0.5) is 13.2 Å². The normalized spacial score (nSPS) is 12.8. The third kappa shape index (κ3) is 9.86. The van der Waals surface area contributed by atoms with Gasteiger partial charge in [-0.05, 0) is 25.8 Å². The zero-order chi connectivity index (χ0) is 13.3. The molecular weight excluding hydrogens is 235 g/mol. The van der Waals surface area contributed by atoms with Crippen LogP contribution in [-0.2, 0) is 4.79 Å². The first kappa shape index (κ1) is 16.0. The lowest BCUT2D eigenvalue weighted by Gasteiger charge is -2.06. The lowest BCUT2D eigenvalue weighted by atomic mass is 10.2. The Hall–Kier alpha value is -1.04. The second-order valence-corrected chi connectivity index (χ2v) is 3.66. The molecule has 0 aromatic rings. The Morgan fingerprint density at radius 2 is 2.00 bits per heavy atom. The minimum atomic E-state index is -4.08. The molecule has 0 aliphatic rings. The summed E-state index contributed by atoms with van der Waals surface area (Å²) < 4.78 is 35.3. The second-order valence-electron chi connectivity index (χ2n) is 3.66. The van der Waals surface area contributed by atoms with E-state index in [4.69, 9.17) is 5.11 Å². The van der Waals surface area contributed by atoms with Crippen LogP contribution >= 0.6 is 0 Å². The number of aliphatic carboxylic acids is 1. The van der Waals surface area contributed by atoms with Crippen LogP contribution in [-0.4, -0.2) is 30.3 Å². The Morgan fingerprint density at radius 1 is 1.35 bits per heavy atom. The minimum absolute atomic E-state index is 0.0970. The molecule has 0 fully saturated rings. The number of unbranched alkanes of at least 4 members (excludes halogenated alkanes) is 1. The molecule has 0 aliphatic carbocycles. The van der Waals surface area contributed by atoms with Crippen molar-refractivity contribution >= 4 is 5.97 Å². The summed E-state index contributed by atoms with van der Waals surface area (Å²) in [5, 5.41) is 11.6. The number of hydrogen-bond acceptors (Lipinski definition) is 2. The van der Waals surface area contributed by atoms with Gasteiger partial charge in [0.15, 0.2) is 0 Å². The SMILES string of the molecule is CCC(=CCNCCCCC(F)(F)F)C(=O)O. The summed E-state index contributed by atoms with van der Waals surface area (Å²) in [5.41, 5.74) is 0.313. The molecule has 0 saturated carbocycles. The minimum Gasteiger partial charge on any atom is -0.478 e. The Bertz CT molecular complexity index is 262. The van der Waals surface area contributed by atoms with Gasteiger partial charge < -0.3 is 10.4 Å². The molecule has 3 nitrogen and oxygen atoms in total. The van der Waals surface area contributed by atoms with E-state index in [2.05, 4.69) is 5.32 Å². The Labute approximate surface area is 98.7 Å². The maximum atomic E-state index is 11.8. The Balaban J connectivity index is 3.56. The lowest BCUT2D eigenvalue weighted by molar-refractivity contribution is -0.135. The molecule has 0 rings (SSSR count). The molecule has 0 radical (unpaired) electrons. The lowest BCUT2D eigenvalue weighted by Crippen LogP contribution is -2.17. The Kier molecular flexibility index (Phi) is 7.61. The zero-order valence-electron chi connectivity index (χ0n) is 9.81. The average molecular weight is 253 g/mol. The quantitative estimate of drug-likeness (QED) is 0.516. The number of hydrogen-bond donors (Lipinski definition) is 2. The first-order valence-electron chi connectivity index (χ1n) is 5.56. The predicted molar refractivity (Wildman–Crippen MR) is 58.8 cm³/mol. The van der Waals surface area contributed by atoms with E-state index < -0.39 is 18.6 Å². The van der Waals surface area contributed by atoms with Crippen molar-refractivity contribution < 1.29 is 23.1 Å². The summed E-state index contributed by atoms with van der Waals surface area (Å²) in [6.07, 6.45) is -2.34. The smallest absolute Gasteiger partial charge is 0.389 e. The standard InChI is InChI=1S/C11H18F3NO2/c1-2-9(10(16)17)5-8-15-7-4-3-6-11(12,13)14/h5,15H,2-4,6-8H2,1H3,(H,16,17). The van der Waals surface area contributed by atoms with Gasteiger partial charge in [-0.25, -0.2) is 4.79 Å². The van der Waals surface area contributed by atoms with Crippen LogP contribution in [0.5, 0.6) is 0 Å². The molecule has 6 heteroatoms. The summed E-state index contributed by atoms with van der Waals surface area (Å²) in [6, 6.07) is 0. The Morgan fingerprint density at radius 3 is 2.47 bits per heavy atom. The van der Waals surface area contributed by atoms with E-state index in [0.717, 1.165) is 0 Å². The van der Waals surface area contributed by atoms with E-state index in [1.165, 1.54) is 0 Å². The molecule has 0 amide bonds. The first-order chi connectivity index (χ1) is 7.87.